The number of hydrogen-bond acceptors (Lipinski definition) is 3. The quantitative estimate of drug-likeness (QED) is 0.793. The number of halogens is 3. The predicted molar refractivity (Wildman–Crippen MR) is 71.8 cm³/mol. The predicted octanol–water partition coefficient (Wildman–Crippen LogP) is 2.39. The Morgan fingerprint density at radius 1 is 1.48 bits per heavy atom. The van der Waals surface area contributed by atoms with Crippen molar-refractivity contribution < 1.29 is 27.6 Å². The molecule has 0 saturated carbocycles. The van der Waals surface area contributed by atoms with Gasteiger partial charge in [0.05, 0.1) is 11.1 Å². The third-order valence-electron chi connectivity index (χ3n) is 3.04. The first-order chi connectivity index (χ1) is 9.79. The number of amides is 1. The summed E-state index contributed by atoms with van der Waals surface area (Å²) >= 11 is 0. The van der Waals surface area contributed by atoms with Crippen LogP contribution in [0, 0.1) is 5.92 Å². The number of rotatable bonds is 6. The topological polar surface area (TPSA) is 58.6 Å². The van der Waals surface area contributed by atoms with E-state index in [2.05, 4.69) is 9.97 Å². The summed E-state index contributed by atoms with van der Waals surface area (Å²) in [5, 5.41) is 10.9. The van der Waals surface area contributed by atoms with Gasteiger partial charge in [-0.2, -0.15) is 13.2 Å². The maximum absolute atomic E-state index is 13.0. The van der Waals surface area contributed by atoms with Crippen LogP contribution in [0.2, 0.25) is 0 Å². The summed E-state index contributed by atoms with van der Waals surface area (Å²) in [4.78, 5) is 11.9. The van der Waals surface area contributed by atoms with Crippen molar-refractivity contribution in [2.45, 2.75) is 26.4 Å². The normalized spacial score (nSPS) is 12.7. The summed E-state index contributed by atoms with van der Waals surface area (Å²) in [6, 6.07) is 2.87. The summed E-state index contributed by atoms with van der Waals surface area (Å²) in [7, 11) is 0.276. The molecule has 0 aliphatic carbocycles. The van der Waals surface area contributed by atoms with Gasteiger partial charge in [-0.1, -0.05) is 20.3 Å². The van der Waals surface area contributed by atoms with E-state index in [9.17, 15) is 18.0 Å². The van der Waals surface area contributed by atoms with Gasteiger partial charge in [-0.3, -0.25) is 4.79 Å². The minimum atomic E-state index is -4.70. The molecule has 0 heterocycles. The molecule has 0 spiro atoms. The van der Waals surface area contributed by atoms with Crippen LogP contribution in [-0.4, -0.2) is 25.2 Å². The van der Waals surface area contributed by atoms with Gasteiger partial charge in [0.1, 0.15) is 5.75 Å². The van der Waals surface area contributed by atoms with Crippen LogP contribution in [0.4, 0.5) is 13.2 Å². The van der Waals surface area contributed by atoms with Crippen LogP contribution in [-0.2, 0) is 6.18 Å². The van der Waals surface area contributed by atoms with Crippen LogP contribution in [0.25, 0.3) is 0 Å². The molecule has 8 heteroatoms. The molecule has 1 amide bonds. The highest BCUT2D eigenvalue weighted by atomic mass is 19.4. The van der Waals surface area contributed by atoms with Crippen LogP contribution in [0.5, 0.6) is 5.75 Å². The summed E-state index contributed by atoms with van der Waals surface area (Å²) in [6.07, 6.45) is -3.89. The molecule has 0 aliphatic heterocycles. The Labute approximate surface area is 121 Å². The Balaban J connectivity index is 3.02. The molecule has 1 radical (unpaired) electrons. The molecule has 1 rings (SSSR count). The van der Waals surface area contributed by atoms with Gasteiger partial charge in [0.2, 0.25) is 0 Å². The fourth-order valence-electron chi connectivity index (χ4n) is 1.60. The second-order valence-electron chi connectivity index (χ2n) is 4.65. The Morgan fingerprint density at radius 3 is 2.67 bits per heavy atom. The molecule has 0 bridgehead atoms. The van der Waals surface area contributed by atoms with Crippen LogP contribution >= 0.6 is 0 Å². The van der Waals surface area contributed by atoms with Crippen molar-refractivity contribution in [1.82, 2.24) is 5.32 Å². The van der Waals surface area contributed by atoms with E-state index in [1.807, 2.05) is 13.8 Å². The first-order valence-electron chi connectivity index (χ1n) is 6.41. The van der Waals surface area contributed by atoms with E-state index in [1.54, 1.807) is 0 Å². The van der Waals surface area contributed by atoms with E-state index in [-0.39, 0.29) is 19.4 Å². The molecule has 4 nitrogen and oxygen atoms in total. The second kappa shape index (κ2) is 7.35. The highest BCUT2D eigenvalue weighted by Crippen LogP contribution is 2.34. The summed E-state index contributed by atoms with van der Waals surface area (Å²) < 4.78 is 43.4. The van der Waals surface area contributed by atoms with Gasteiger partial charge in [-0.15, -0.1) is 0 Å². The van der Waals surface area contributed by atoms with Gasteiger partial charge in [0, 0.05) is 6.54 Å². The van der Waals surface area contributed by atoms with Crippen molar-refractivity contribution in [3.63, 3.8) is 0 Å². The third kappa shape index (κ3) is 4.97. The molecule has 0 fully saturated rings. The monoisotopic (exact) mass is 302 g/mol. The van der Waals surface area contributed by atoms with Gasteiger partial charge in [0.25, 0.3) is 5.91 Å². The number of carbonyl (C=O) groups is 1. The minimum Gasteiger partial charge on any atom is -0.537 e. The van der Waals surface area contributed by atoms with Crippen molar-refractivity contribution >= 4 is 13.6 Å². The van der Waals surface area contributed by atoms with Gasteiger partial charge >= 0.3 is 13.9 Å². The Morgan fingerprint density at radius 2 is 2.14 bits per heavy atom. The van der Waals surface area contributed by atoms with Crippen LogP contribution in [0.15, 0.2) is 18.2 Å². The molecule has 1 unspecified atom stereocenters. The standard InChI is InChI=1S/C13H16BF3NO3/c1-3-8(2)7-18-12(19)10-5-4-9(21-14-20)6-11(10)13(15,16)17/h4-6,8,20H,3,7H2,1-2H3,(H,18,19). The van der Waals surface area contributed by atoms with Crippen molar-refractivity contribution in [2.75, 3.05) is 6.54 Å². The molecule has 0 aromatic heterocycles. The maximum Gasteiger partial charge on any atom is 0.569 e. The van der Waals surface area contributed by atoms with Crippen molar-refractivity contribution in [3.05, 3.63) is 29.3 Å². The van der Waals surface area contributed by atoms with Crippen molar-refractivity contribution in [1.29, 1.82) is 0 Å². The van der Waals surface area contributed by atoms with Gasteiger partial charge in [0.15, 0.2) is 0 Å². The fraction of sp³-hybridized carbons (Fsp3) is 0.462. The van der Waals surface area contributed by atoms with E-state index in [0.29, 0.717) is 12.6 Å². The average Bonchev–Trinajstić information content (AvgIpc) is 2.43. The van der Waals surface area contributed by atoms with E-state index in [0.717, 1.165) is 12.5 Å². The lowest BCUT2D eigenvalue weighted by molar-refractivity contribution is -0.138. The van der Waals surface area contributed by atoms with Gasteiger partial charge in [-0.05, 0) is 24.1 Å². The minimum absolute atomic E-state index is 0.176. The van der Waals surface area contributed by atoms with Crippen LogP contribution in [0.1, 0.15) is 36.2 Å². The summed E-state index contributed by atoms with van der Waals surface area (Å²) in [5.41, 5.74) is -1.58. The molecule has 0 aliphatic rings. The smallest absolute Gasteiger partial charge is 0.537 e. The lowest BCUT2D eigenvalue weighted by Crippen LogP contribution is -2.30. The first-order valence-corrected chi connectivity index (χ1v) is 6.41. The lowest BCUT2D eigenvalue weighted by atomic mass is 10.0. The SMILES string of the molecule is CCC(C)CNC(=O)c1ccc(O[B]O)cc1C(F)(F)F. The van der Waals surface area contributed by atoms with Crippen LogP contribution in [0.3, 0.4) is 0 Å². The zero-order valence-corrected chi connectivity index (χ0v) is 11.7. The van der Waals surface area contributed by atoms with Crippen LogP contribution < -0.4 is 9.97 Å². The summed E-state index contributed by atoms with van der Waals surface area (Å²) in [5.74, 6) is -0.819. The van der Waals surface area contributed by atoms with Gasteiger partial charge < -0.3 is 15.0 Å². The maximum atomic E-state index is 13.0. The number of alkyl halides is 3. The molecule has 115 valence electrons. The highest BCUT2D eigenvalue weighted by Gasteiger charge is 2.35. The molecule has 21 heavy (non-hydrogen) atoms. The van der Waals surface area contributed by atoms with Crippen molar-refractivity contribution in [2.24, 2.45) is 5.92 Å². The van der Waals surface area contributed by atoms with E-state index < -0.39 is 23.2 Å². The van der Waals surface area contributed by atoms with Gasteiger partial charge in [-0.25, -0.2) is 0 Å². The first kappa shape index (κ1) is 17.4. The molecule has 1 aromatic carbocycles. The Hall–Kier alpha value is -1.70. The molecular weight excluding hydrogens is 286 g/mol. The fourth-order valence-corrected chi connectivity index (χ4v) is 1.60. The van der Waals surface area contributed by atoms with Crippen molar-refractivity contribution in [3.8, 4) is 5.75 Å². The molecule has 1 atom stereocenters. The zero-order valence-electron chi connectivity index (χ0n) is 11.7. The number of benzene rings is 1. The highest BCUT2D eigenvalue weighted by molar-refractivity contribution is 6.17. The molecule has 0 saturated heterocycles. The lowest BCUT2D eigenvalue weighted by Gasteiger charge is -2.15. The molecule has 1 aromatic rings. The summed E-state index contributed by atoms with van der Waals surface area (Å²) in [6.45, 7) is 4.11. The molecule has 2 N–H and O–H groups in total. The number of hydrogen-bond donors (Lipinski definition) is 2. The average molecular weight is 302 g/mol. The largest absolute Gasteiger partial charge is 0.569 e. The van der Waals surface area contributed by atoms with E-state index >= 15 is 0 Å². The number of carbonyl (C=O) groups excluding carboxylic acids is 1. The van der Waals surface area contributed by atoms with E-state index in [1.165, 1.54) is 6.07 Å². The zero-order chi connectivity index (χ0) is 16.0. The van der Waals surface area contributed by atoms with E-state index in [4.69, 9.17) is 5.02 Å². The second-order valence-corrected chi connectivity index (χ2v) is 4.65. The molecular formula is C13H16BF3NO3. The Bertz CT molecular complexity index is 494. The number of nitrogens with one attached hydrogen (secondary N) is 1. The third-order valence-corrected chi connectivity index (χ3v) is 3.04. The Kier molecular flexibility index (Phi) is 6.08.